The third-order valence-electron chi connectivity index (χ3n) is 7.42. The number of nitrogens with zero attached hydrogens (tertiary/aromatic N) is 5. The Kier molecular flexibility index (Phi) is 5.90. The number of carbonyl (C=O) groups excluding carboxylic acids is 1. The molecule has 2 atom stereocenters. The fraction of sp³-hybridized carbons (Fsp3) is 0.321. The van der Waals surface area contributed by atoms with E-state index in [1.807, 2.05) is 56.4 Å². The van der Waals surface area contributed by atoms with E-state index in [-0.39, 0.29) is 18.1 Å². The maximum atomic E-state index is 13.3. The Hall–Kier alpha value is -3.42. The fourth-order valence-corrected chi connectivity index (χ4v) is 5.76. The minimum atomic E-state index is 0.0108. The highest BCUT2D eigenvalue weighted by molar-refractivity contribution is 6.30. The molecule has 8 heteroatoms. The first-order valence-corrected chi connectivity index (χ1v) is 12.8. The van der Waals surface area contributed by atoms with Crippen molar-refractivity contribution in [2.24, 2.45) is 0 Å². The molecule has 0 radical (unpaired) electrons. The van der Waals surface area contributed by atoms with Gasteiger partial charge in [-0.3, -0.25) is 9.30 Å². The van der Waals surface area contributed by atoms with Gasteiger partial charge in [-0.15, -0.1) is 0 Å². The molecule has 0 aliphatic carbocycles. The molecule has 1 N–H and O–H groups in total. The van der Waals surface area contributed by atoms with E-state index in [2.05, 4.69) is 36.6 Å². The summed E-state index contributed by atoms with van der Waals surface area (Å²) >= 11 is 6.14. The average molecular weight is 501 g/mol. The molecular weight excluding hydrogens is 472 g/mol. The van der Waals surface area contributed by atoms with Gasteiger partial charge in [0, 0.05) is 60.4 Å². The van der Waals surface area contributed by atoms with Gasteiger partial charge in [-0.1, -0.05) is 35.9 Å². The molecule has 2 unspecified atom stereocenters. The van der Waals surface area contributed by atoms with E-state index in [9.17, 15) is 4.79 Å². The molecule has 4 aromatic rings. The van der Waals surface area contributed by atoms with Gasteiger partial charge in [-0.25, -0.2) is 14.8 Å². The third-order valence-corrected chi connectivity index (χ3v) is 7.67. The summed E-state index contributed by atoms with van der Waals surface area (Å²) in [4.78, 5) is 27.2. The number of hydrogen-bond donors (Lipinski definition) is 1. The van der Waals surface area contributed by atoms with Crippen molar-refractivity contribution < 1.29 is 4.79 Å². The number of amides is 2. The Bertz CT molecular complexity index is 1420. The highest BCUT2D eigenvalue weighted by Gasteiger charge is 2.43. The van der Waals surface area contributed by atoms with Crippen molar-refractivity contribution in [3.8, 4) is 11.3 Å². The predicted molar refractivity (Wildman–Crippen MR) is 142 cm³/mol. The van der Waals surface area contributed by atoms with Gasteiger partial charge in [0.25, 0.3) is 0 Å². The van der Waals surface area contributed by atoms with Crippen LogP contribution in [-0.4, -0.2) is 55.4 Å². The number of aryl methyl sites for hydroxylation is 2. The number of likely N-dealkylation sites (tertiary alicyclic amines) is 1. The highest BCUT2D eigenvalue weighted by Crippen LogP contribution is 2.33. The normalized spacial score (nSPS) is 19.7. The summed E-state index contributed by atoms with van der Waals surface area (Å²) in [5.74, 6) is 0.687. The number of imidazole rings is 1. The number of halogens is 1. The molecule has 2 bridgehead atoms. The smallest absolute Gasteiger partial charge is 0.316 e. The molecule has 6 rings (SSSR count). The molecule has 0 saturated carbocycles. The van der Waals surface area contributed by atoms with E-state index in [1.165, 1.54) is 0 Å². The zero-order valence-corrected chi connectivity index (χ0v) is 21.2. The minimum absolute atomic E-state index is 0.0108. The van der Waals surface area contributed by atoms with Gasteiger partial charge in [0.15, 0.2) is 0 Å². The summed E-state index contributed by atoms with van der Waals surface area (Å²) in [5, 5.41) is 3.88. The molecule has 2 aromatic carbocycles. The zero-order chi connectivity index (χ0) is 24.8. The van der Waals surface area contributed by atoms with E-state index in [0.29, 0.717) is 10.8 Å². The second kappa shape index (κ2) is 9.22. The molecule has 2 aliphatic rings. The van der Waals surface area contributed by atoms with Crippen LogP contribution in [-0.2, 0) is 6.54 Å². The zero-order valence-electron chi connectivity index (χ0n) is 20.5. The molecule has 36 heavy (non-hydrogen) atoms. The van der Waals surface area contributed by atoms with Crippen molar-refractivity contribution in [2.45, 2.75) is 45.3 Å². The van der Waals surface area contributed by atoms with Gasteiger partial charge in [0.2, 0.25) is 5.78 Å². The van der Waals surface area contributed by atoms with Gasteiger partial charge in [0.1, 0.15) is 0 Å². The molecule has 2 aliphatic heterocycles. The van der Waals surface area contributed by atoms with Gasteiger partial charge in [-0.05, 0) is 62.1 Å². The number of piperazine rings is 1. The monoisotopic (exact) mass is 500 g/mol. The lowest BCUT2D eigenvalue weighted by molar-refractivity contribution is 0.0894. The van der Waals surface area contributed by atoms with E-state index in [4.69, 9.17) is 16.6 Å². The lowest BCUT2D eigenvalue weighted by Crippen LogP contribution is -2.56. The lowest BCUT2D eigenvalue weighted by atomic mass is 10.1. The highest BCUT2D eigenvalue weighted by atomic mass is 35.5. The van der Waals surface area contributed by atoms with Crippen LogP contribution in [0, 0.1) is 13.8 Å². The summed E-state index contributed by atoms with van der Waals surface area (Å²) in [7, 11) is 0. The number of carbonyl (C=O) groups is 1. The molecule has 2 amide bonds. The van der Waals surface area contributed by atoms with Crippen molar-refractivity contribution in [1.82, 2.24) is 24.2 Å². The summed E-state index contributed by atoms with van der Waals surface area (Å²) in [6.07, 6.45) is 5.85. The first-order valence-electron chi connectivity index (χ1n) is 12.4. The SMILES string of the molecule is Cc1ccc(C)c(NC(=O)N2C3CCC2CN(Cc2c(-c4ccc(Cl)cc4)nc4ncccn24)C3)c1. The number of fused-ring (bicyclic) bond motifs is 3. The van der Waals surface area contributed by atoms with Gasteiger partial charge in [-0.2, -0.15) is 0 Å². The number of anilines is 1. The predicted octanol–water partition coefficient (Wildman–Crippen LogP) is 5.55. The van der Waals surface area contributed by atoms with E-state index in [0.717, 1.165) is 66.2 Å². The van der Waals surface area contributed by atoms with Crippen molar-refractivity contribution in [3.63, 3.8) is 0 Å². The van der Waals surface area contributed by atoms with E-state index < -0.39 is 0 Å². The second-order valence-electron chi connectivity index (χ2n) is 9.94. The first-order chi connectivity index (χ1) is 17.5. The van der Waals surface area contributed by atoms with E-state index in [1.54, 1.807) is 6.20 Å². The third kappa shape index (κ3) is 4.22. The Morgan fingerprint density at radius 1 is 1.08 bits per heavy atom. The summed E-state index contributed by atoms with van der Waals surface area (Å²) in [6.45, 7) is 6.49. The summed E-state index contributed by atoms with van der Waals surface area (Å²) in [6, 6.07) is 16.3. The van der Waals surface area contributed by atoms with Crippen molar-refractivity contribution in [3.05, 3.63) is 82.8 Å². The van der Waals surface area contributed by atoms with Crippen LogP contribution >= 0.6 is 11.6 Å². The molecule has 2 aromatic heterocycles. The standard InChI is InChI=1S/C28H29ClN6O/c1-18-4-5-19(2)24(14-18)31-28(36)35-22-10-11-23(35)16-33(15-22)17-25-26(20-6-8-21(29)9-7-20)32-27-30-12-3-13-34(25)27/h3-9,12-14,22-23H,10-11,15-17H2,1-2H3,(H,31,36). The lowest BCUT2D eigenvalue weighted by Gasteiger charge is -2.41. The van der Waals surface area contributed by atoms with Crippen LogP contribution in [0.4, 0.5) is 10.5 Å². The maximum Gasteiger partial charge on any atom is 0.322 e. The number of benzene rings is 2. The van der Waals surface area contributed by atoms with E-state index >= 15 is 0 Å². The van der Waals surface area contributed by atoms with Gasteiger partial charge >= 0.3 is 6.03 Å². The largest absolute Gasteiger partial charge is 0.322 e. The average Bonchev–Trinajstić information content (AvgIpc) is 3.36. The quantitative estimate of drug-likeness (QED) is 0.399. The number of aromatic nitrogens is 3. The molecule has 7 nitrogen and oxygen atoms in total. The fourth-order valence-electron chi connectivity index (χ4n) is 5.64. The number of urea groups is 1. The minimum Gasteiger partial charge on any atom is -0.316 e. The second-order valence-corrected chi connectivity index (χ2v) is 10.4. The molecular formula is C28H29ClN6O. The first kappa shape index (κ1) is 23.0. The van der Waals surface area contributed by atoms with Crippen LogP contribution in [0.5, 0.6) is 0 Å². The summed E-state index contributed by atoms with van der Waals surface area (Å²) < 4.78 is 2.07. The van der Waals surface area contributed by atoms with Crippen LogP contribution < -0.4 is 5.32 Å². The maximum absolute atomic E-state index is 13.3. The molecule has 0 spiro atoms. The van der Waals surface area contributed by atoms with Gasteiger partial charge < -0.3 is 10.2 Å². The van der Waals surface area contributed by atoms with Crippen LogP contribution in [0.2, 0.25) is 5.02 Å². The molecule has 2 saturated heterocycles. The van der Waals surface area contributed by atoms with Crippen molar-refractivity contribution in [1.29, 1.82) is 0 Å². The Labute approximate surface area is 215 Å². The van der Waals surface area contributed by atoms with Crippen LogP contribution in [0.1, 0.15) is 29.7 Å². The summed E-state index contributed by atoms with van der Waals surface area (Å²) in [5.41, 5.74) is 6.17. The van der Waals surface area contributed by atoms with Crippen LogP contribution in [0.15, 0.2) is 60.9 Å². The Morgan fingerprint density at radius 3 is 2.58 bits per heavy atom. The van der Waals surface area contributed by atoms with Crippen LogP contribution in [0.25, 0.3) is 17.0 Å². The number of rotatable bonds is 4. The Balaban J connectivity index is 1.23. The van der Waals surface area contributed by atoms with Gasteiger partial charge in [0.05, 0.1) is 11.4 Å². The topological polar surface area (TPSA) is 65.8 Å². The Morgan fingerprint density at radius 2 is 1.83 bits per heavy atom. The van der Waals surface area contributed by atoms with Crippen molar-refractivity contribution >= 4 is 29.1 Å². The molecule has 184 valence electrons. The number of hydrogen-bond acceptors (Lipinski definition) is 4. The molecule has 2 fully saturated rings. The van der Waals surface area contributed by atoms with Crippen molar-refractivity contribution in [2.75, 3.05) is 18.4 Å². The molecule has 4 heterocycles. The number of nitrogens with one attached hydrogen (secondary N) is 1. The van der Waals surface area contributed by atoms with Crippen LogP contribution in [0.3, 0.4) is 0 Å².